The molecule has 0 spiro atoms. The molecule has 111 heavy (non-hydrogen) atoms. The average molecular weight is 1590 g/mol. The summed E-state index contributed by atoms with van der Waals surface area (Å²) in [5.74, 6) is -13.6. The number of rotatable bonds is 19. The Kier molecular flexibility index (Phi) is 32.3. The van der Waals surface area contributed by atoms with Crippen molar-refractivity contribution < 1.29 is 162 Å². The number of carbonyl (C=O) groups excluding carboxylic acids is 10. The van der Waals surface area contributed by atoms with Gasteiger partial charge in [0.05, 0.1) is 61.9 Å². The van der Waals surface area contributed by atoms with Crippen LogP contribution in [0.15, 0.2) is 10.2 Å². The van der Waals surface area contributed by atoms with Crippen LogP contribution in [0, 0.1) is 41.4 Å². The lowest BCUT2D eigenvalue weighted by atomic mass is 9.82. The Morgan fingerprint density at radius 2 is 0.477 bits per heavy atom. The third-order valence-electron chi connectivity index (χ3n) is 21.1. The van der Waals surface area contributed by atoms with Crippen LogP contribution in [0.5, 0.6) is 0 Å². The maximum absolute atomic E-state index is 13.6. The van der Waals surface area contributed by atoms with E-state index in [0.29, 0.717) is 0 Å². The zero-order valence-corrected chi connectivity index (χ0v) is 65.7. The molecule has 0 aromatic carbocycles. The molecule has 21 aliphatic heterocycles. The Balaban J connectivity index is 1.31. The average Bonchev–Trinajstić information content (AvgIpc) is 0.807. The summed E-state index contributed by atoms with van der Waals surface area (Å²) in [5.41, 5.74) is 19.8. The van der Waals surface area contributed by atoms with Crippen LogP contribution in [0.25, 0.3) is 20.9 Å². The molecule has 21 aliphatic rings. The van der Waals surface area contributed by atoms with Crippen molar-refractivity contribution in [2.75, 3.05) is 32.9 Å². The predicted octanol–water partition coefficient (Wildman–Crippen LogP) is 4.88. The van der Waals surface area contributed by atoms with Crippen molar-refractivity contribution in [1.29, 1.82) is 0 Å². The third-order valence-corrected chi connectivity index (χ3v) is 21.1. The molecule has 0 aromatic rings. The van der Waals surface area contributed by atoms with E-state index in [2.05, 4.69) is 20.1 Å². The van der Waals surface area contributed by atoms with Crippen LogP contribution >= 0.6 is 0 Å². The van der Waals surface area contributed by atoms with Crippen LogP contribution in [-0.4, -0.2) is 265 Å². The number of ether oxygens (including phenoxy) is 24. The number of esters is 10. The maximum Gasteiger partial charge on any atom is 0.303 e. The lowest BCUT2D eigenvalue weighted by Gasteiger charge is -2.52. The van der Waals surface area contributed by atoms with Crippen LogP contribution in [0.4, 0.5) is 0 Å². The summed E-state index contributed by atoms with van der Waals surface area (Å²) >= 11 is 0. The molecule has 0 saturated carbocycles. The molecule has 0 radical (unpaired) electrons. The van der Waals surface area contributed by atoms with Crippen molar-refractivity contribution in [3.8, 4) is 0 Å². The van der Waals surface area contributed by atoms with E-state index < -0.39 is 300 Å². The van der Waals surface area contributed by atoms with Crippen molar-refractivity contribution in [3.05, 3.63) is 20.9 Å². The summed E-state index contributed by atoms with van der Waals surface area (Å²) in [7, 11) is 0. The van der Waals surface area contributed by atoms with Gasteiger partial charge in [0.1, 0.15) is 56.4 Å². The van der Waals surface area contributed by atoms with Gasteiger partial charge < -0.3 is 114 Å². The zero-order valence-electron chi connectivity index (χ0n) is 65.7. The zero-order chi connectivity index (χ0) is 81.7. The number of hydrogen-bond donors (Lipinski definition) is 0. The van der Waals surface area contributed by atoms with E-state index in [1.54, 1.807) is 27.7 Å². The monoisotopic (exact) mass is 1590 g/mol. The van der Waals surface area contributed by atoms with E-state index in [-0.39, 0.29) is 19.4 Å². The van der Waals surface area contributed by atoms with Crippen molar-refractivity contribution >= 4 is 59.7 Å². The van der Waals surface area contributed by atoms with Gasteiger partial charge in [-0.1, -0.05) is 72.5 Å². The summed E-state index contributed by atoms with van der Waals surface area (Å²) in [6, 6.07) is 0. The Labute approximate surface area is 641 Å². The molecular weight excluding hydrogens is 1480 g/mol. The molecule has 0 amide bonds. The molecule has 14 bridgehead atoms. The fourth-order valence-electron chi connectivity index (χ4n) is 15.3. The Morgan fingerprint density at radius 3 is 0.784 bits per heavy atom. The largest absolute Gasteiger partial charge is 0.463 e. The highest BCUT2D eigenvalue weighted by atomic mass is 16.8. The smallest absolute Gasteiger partial charge is 0.303 e. The highest BCUT2D eigenvalue weighted by Crippen LogP contribution is 2.47. The summed E-state index contributed by atoms with van der Waals surface area (Å²) in [5, 5.41) is 7.70. The predicted molar refractivity (Wildman–Crippen MR) is 366 cm³/mol. The molecule has 624 valence electrons. The molecule has 40 nitrogen and oxygen atoms in total. The van der Waals surface area contributed by atoms with Crippen LogP contribution in [0.2, 0.25) is 0 Å². The molecular formula is C71H106N6O34. The molecule has 0 aliphatic carbocycles. The second-order valence-corrected chi connectivity index (χ2v) is 29.1. The van der Waals surface area contributed by atoms with E-state index in [4.69, 9.17) is 114 Å². The first-order valence-corrected chi connectivity index (χ1v) is 37.3. The van der Waals surface area contributed by atoms with E-state index >= 15 is 0 Å². The summed E-state index contributed by atoms with van der Waals surface area (Å²) in [6.45, 7) is 24.3. The van der Waals surface area contributed by atoms with Crippen LogP contribution in [0.3, 0.4) is 0 Å². The molecule has 40 heteroatoms. The second-order valence-electron chi connectivity index (χ2n) is 29.1. The Morgan fingerprint density at radius 1 is 0.261 bits per heavy atom. The second kappa shape index (κ2) is 40.2. The first kappa shape index (κ1) is 89.3. The molecule has 21 rings (SSSR count). The number of carbonyl (C=O) groups is 10. The third kappa shape index (κ3) is 22.4. The van der Waals surface area contributed by atoms with E-state index in [1.807, 2.05) is 34.6 Å². The van der Waals surface area contributed by atoms with E-state index in [9.17, 15) is 59.0 Å². The van der Waals surface area contributed by atoms with Crippen LogP contribution < -0.4 is 0 Å². The van der Waals surface area contributed by atoms with E-state index in [0.717, 1.165) is 55.4 Å². The van der Waals surface area contributed by atoms with Gasteiger partial charge in [-0.3, -0.25) is 47.9 Å². The molecule has 0 N–H and O–H groups in total. The maximum atomic E-state index is 13.6. The number of hydrogen-bond acceptors (Lipinski definition) is 36. The number of nitrogens with zero attached hydrogens (tertiary/aromatic N) is 6. The molecule has 21 saturated heterocycles. The standard InChI is InChI=1S/C71H106N6O34/c1-20-44-56-59(92-38(14)82)63(96-42(18)86)70(99-44)111-58-47(23-75-77-73)101-71(64(97-43(19)87)61(58)94-40(16)84)110-57-45(21-2)98-69(62(95-41(17)85)60(57)93-39(15)83)108-54-33(9)55(91-37(13)81)68(104-50(54)26-90-36(12)80)107-53-29(5)31(7)66(102-49(53)25-89-35(11)79)105-51-27(3)30(6)65(100-46(51)22-74-76-72)106-52-28(4)32(8)67(109-56)103-48(52)24-88-34(10)78/h27-33,44-71H,20-26H2,1-19H3/t27-,28-,29-,30?,31?,32?,33+,44?,45?,46?,47?,48?,49?,50?,51-,52-,53-,54-,55?,56+,57+,58+,59+,60+,61+,62?,63?,64?,65+,66+,67+,68+,69+,70+,71+/m1/s1. The minimum atomic E-state index is -2.01. The number of azide groups is 2. The van der Waals surface area contributed by atoms with Crippen molar-refractivity contribution in [1.82, 2.24) is 0 Å². The van der Waals surface area contributed by atoms with Crippen molar-refractivity contribution in [2.24, 2.45) is 51.7 Å². The van der Waals surface area contributed by atoms with E-state index in [1.165, 1.54) is 13.8 Å². The first-order chi connectivity index (χ1) is 52.5. The van der Waals surface area contributed by atoms with Gasteiger partial charge >= 0.3 is 59.7 Å². The van der Waals surface area contributed by atoms with Gasteiger partial charge in [0, 0.05) is 103 Å². The summed E-state index contributed by atoms with van der Waals surface area (Å²) in [6.07, 6.45) is -41.8. The molecule has 21 heterocycles. The molecule has 14 unspecified atom stereocenters. The molecule has 21 fully saturated rings. The van der Waals surface area contributed by atoms with Gasteiger partial charge in [-0.2, -0.15) is 0 Å². The normalized spacial score (nSPS) is 41.1. The summed E-state index contributed by atoms with van der Waals surface area (Å²) < 4.78 is 154. The fraction of sp³-hybridized carbons (Fsp3) is 0.859. The van der Waals surface area contributed by atoms with Crippen LogP contribution in [-0.2, 0) is 162 Å². The highest BCUT2D eigenvalue weighted by molar-refractivity contribution is 5.70. The first-order valence-electron chi connectivity index (χ1n) is 37.3. The molecule has 35 atom stereocenters. The topological polar surface area (TPSA) is 490 Å². The van der Waals surface area contributed by atoms with Gasteiger partial charge in [-0.05, 0) is 41.7 Å². The quantitative estimate of drug-likeness (QED) is 0.0547. The van der Waals surface area contributed by atoms with Gasteiger partial charge in [-0.15, -0.1) is 0 Å². The van der Waals surface area contributed by atoms with Gasteiger partial charge in [0.15, 0.2) is 86.8 Å². The summed E-state index contributed by atoms with van der Waals surface area (Å²) in [4.78, 5) is 139. The lowest BCUT2D eigenvalue weighted by Crippen LogP contribution is -2.69. The lowest BCUT2D eigenvalue weighted by molar-refractivity contribution is -0.390. The minimum Gasteiger partial charge on any atom is -0.463 e. The van der Waals surface area contributed by atoms with Gasteiger partial charge in [0.2, 0.25) is 0 Å². The SMILES string of the molecule is CCC1O[C@H]2O[C@H]3C(CN=[N+]=[N-])O[C@@H](O[C@H]4C(CC)O[C@@H](O[C@H]5C(COC(C)=O)O[C@@H](O[C@H]6C(COC(C)=O)O[C@@H](O[C@H]7C(CN=[N+]=[N-])O[C@@H](O[C@H]8C(COC(C)=O)O[C@@H](O[C@@H]1[C@H](OC(C)=O)C2OC(C)=O)C(C)[C@H]8C)C(C)[C@H]7C)C(C)[C@H]6C)C(OC(C)=O)[C@H]5C)C(OC(C)=O)[C@H]4OC(C)=O)C(OC(C)=O)[C@H]3OC(C)=O. The van der Waals surface area contributed by atoms with Crippen molar-refractivity contribution in [2.45, 2.75) is 317 Å². The molecule has 0 aromatic heterocycles. The van der Waals surface area contributed by atoms with Gasteiger partial charge in [0.25, 0.3) is 0 Å². The van der Waals surface area contributed by atoms with Crippen molar-refractivity contribution in [3.63, 3.8) is 0 Å². The Hall–Kier alpha value is -7.24. The Bertz CT molecular complexity index is 3340. The van der Waals surface area contributed by atoms with Gasteiger partial charge in [-0.25, -0.2) is 0 Å². The van der Waals surface area contributed by atoms with Crippen LogP contribution in [0.1, 0.15) is 144 Å². The highest BCUT2D eigenvalue weighted by Gasteiger charge is 2.62. The minimum absolute atomic E-state index is 0.0197. The fourth-order valence-corrected chi connectivity index (χ4v) is 15.3.